The Bertz CT molecular complexity index is 183. The second-order valence-electron chi connectivity index (χ2n) is 4.00. The Balaban J connectivity index is 2.57. The van der Waals surface area contributed by atoms with Crippen LogP contribution in [0.4, 0.5) is 0 Å². The molecule has 3 heteroatoms. The number of hydrogen-bond donors (Lipinski definition) is 0. The second-order valence-corrected chi connectivity index (χ2v) is 5.15. The number of rotatable bonds is 3. The molecule has 0 bridgehead atoms. The van der Waals surface area contributed by atoms with Gasteiger partial charge in [0.25, 0.3) is 0 Å². The predicted molar refractivity (Wildman–Crippen MR) is 55.8 cm³/mol. The van der Waals surface area contributed by atoms with E-state index in [1.165, 1.54) is 5.75 Å². The SMILES string of the molecule is CCOC(=O)C(C)(C)C1CCSC1. The smallest absolute Gasteiger partial charge is 0.311 e. The van der Waals surface area contributed by atoms with Crippen molar-refractivity contribution in [1.29, 1.82) is 0 Å². The van der Waals surface area contributed by atoms with E-state index in [9.17, 15) is 4.79 Å². The van der Waals surface area contributed by atoms with Gasteiger partial charge >= 0.3 is 5.97 Å². The molecule has 1 aliphatic rings. The highest BCUT2D eigenvalue weighted by molar-refractivity contribution is 7.99. The normalized spacial score (nSPS) is 23.2. The van der Waals surface area contributed by atoms with Gasteiger partial charge in [0.05, 0.1) is 12.0 Å². The van der Waals surface area contributed by atoms with E-state index in [1.807, 2.05) is 32.5 Å². The Hall–Kier alpha value is -0.180. The van der Waals surface area contributed by atoms with Crippen LogP contribution in [0.5, 0.6) is 0 Å². The van der Waals surface area contributed by atoms with E-state index in [0.717, 1.165) is 12.2 Å². The average Bonchev–Trinajstić information content (AvgIpc) is 2.56. The summed E-state index contributed by atoms with van der Waals surface area (Å²) in [6.07, 6.45) is 1.15. The fourth-order valence-corrected chi connectivity index (χ4v) is 3.07. The van der Waals surface area contributed by atoms with Gasteiger partial charge in [-0.3, -0.25) is 4.79 Å². The molecule has 0 N–H and O–H groups in total. The number of carbonyl (C=O) groups excluding carboxylic acids is 1. The molecule has 76 valence electrons. The summed E-state index contributed by atoms with van der Waals surface area (Å²) in [6, 6.07) is 0. The second kappa shape index (κ2) is 4.36. The Kier molecular flexibility index (Phi) is 3.65. The van der Waals surface area contributed by atoms with Crippen LogP contribution in [0.25, 0.3) is 0 Å². The van der Waals surface area contributed by atoms with Crippen LogP contribution in [-0.4, -0.2) is 24.1 Å². The molecule has 1 fully saturated rings. The summed E-state index contributed by atoms with van der Waals surface area (Å²) in [5.41, 5.74) is -0.292. The molecule has 0 aromatic heterocycles. The molecule has 0 radical (unpaired) electrons. The van der Waals surface area contributed by atoms with Crippen LogP contribution < -0.4 is 0 Å². The molecule has 0 aliphatic carbocycles. The quantitative estimate of drug-likeness (QED) is 0.657. The lowest BCUT2D eigenvalue weighted by Gasteiger charge is -2.28. The third kappa shape index (κ3) is 2.39. The third-order valence-electron chi connectivity index (χ3n) is 2.75. The van der Waals surface area contributed by atoms with Crippen molar-refractivity contribution in [2.24, 2.45) is 11.3 Å². The maximum atomic E-state index is 11.6. The first kappa shape index (κ1) is 10.9. The molecule has 0 saturated carbocycles. The standard InChI is InChI=1S/C10H18O2S/c1-4-12-9(11)10(2,3)8-5-6-13-7-8/h8H,4-7H2,1-3H3. The Morgan fingerprint density at radius 1 is 1.62 bits per heavy atom. The monoisotopic (exact) mass is 202 g/mol. The molecular formula is C10H18O2S. The van der Waals surface area contributed by atoms with Gasteiger partial charge in [-0.15, -0.1) is 0 Å². The van der Waals surface area contributed by atoms with Crippen LogP contribution in [-0.2, 0) is 9.53 Å². The van der Waals surface area contributed by atoms with E-state index in [4.69, 9.17) is 4.74 Å². The van der Waals surface area contributed by atoms with Crippen molar-refractivity contribution in [1.82, 2.24) is 0 Å². The Morgan fingerprint density at radius 3 is 2.77 bits per heavy atom. The molecule has 1 aliphatic heterocycles. The summed E-state index contributed by atoms with van der Waals surface area (Å²) in [6.45, 7) is 6.35. The molecule has 1 heterocycles. The molecule has 0 aromatic rings. The molecule has 1 unspecified atom stereocenters. The summed E-state index contributed by atoms with van der Waals surface area (Å²) >= 11 is 1.94. The van der Waals surface area contributed by atoms with E-state index < -0.39 is 0 Å². The van der Waals surface area contributed by atoms with Gasteiger partial charge in [-0.25, -0.2) is 0 Å². The van der Waals surface area contributed by atoms with Gasteiger partial charge in [-0.1, -0.05) is 0 Å². The molecule has 1 rings (SSSR count). The van der Waals surface area contributed by atoms with Crippen molar-refractivity contribution in [3.63, 3.8) is 0 Å². The third-order valence-corrected chi connectivity index (χ3v) is 3.91. The lowest BCUT2D eigenvalue weighted by atomic mass is 9.78. The fourth-order valence-electron chi connectivity index (χ4n) is 1.59. The van der Waals surface area contributed by atoms with Crippen LogP contribution in [0.3, 0.4) is 0 Å². The highest BCUT2D eigenvalue weighted by Crippen LogP contribution is 2.38. The van der Waals surface area contributed by atoms with Crippen molar-refractivity contribution in [3.8, 4) is 0 Å². The highest BCUT2D eigenvalue weighted by Gasteiger charge is 2.39. The van der Waals surface area contributed by atoms with Gasteiger partial charge in [0, 0.05) is 0 Å². The predicted octanol–water partition coefficient (Wildman–Crippen LogP) is 2.33. The van der Waals surface area contributed by atoms with Crippen LogP contribution in [0.2, 0.25) is 0 Å². The highest BCUT2D eigenvalue weighted by atomic mass is 32.2. The van der Waals surface area contributed by atoms with E-state index in [0.29, 0.717) is 12.5 Å². The van der Waals surface area contributed by atoms with Crippen molar-refractivity contribution in [2.75, 3.05) is 18.1 Å². The van der Waals surface area contributed by atoms with Crippen LogP contribution in [0.15, 0.2) is 0 Å². The van der Waals surface area contributed by atoms with Crippen LogP contribution in [0.1, 0.15) is 27.2 Å². The van der Waals surface area contributed by atoms with Crippen LogP contribution in [0, 0.1) is 11.3 Å². The van der Waals surface area contributed by atoms with E-state index >= 15 is 0 Å². The molecule has 2 nitrogen and oxygen atoms in total. The van der Waals surface area contributed by atoms with Gasteiger partial charge in [0.2, 0.25) is 0 Å². The first-order chi connectivity index (χ1) is 6.09. The lowest BCUT2D eigenvalue weighted by molar-refractivity contribution is -0.156. The lowest BCUT2D eigenvalue weighted by Crippen LogP contribution is -2.34. The zero-order chi connectivity index (χ0) is 9.90. The van der Waals surface area contributed by atoms with Gasteiger partial charge in [0.15, 0.2) is 0 Å². The van der Waals surface area contributed by atoms with Gasteiger partial charge in [-0.05, 0) is 44.6 Å². The van der Waals surface area contributed by atoms with Crippen molar-refractivity contribution in [3.05, 3.63) is 0 Å². The summed E-state index contributed by atoms with van der Waals surface area (Å²) in [5.74, 6) is 2.75. The van der Waals surface area contributed by atoms with Crippen molar-refractivity contribution in [2.45, 2.75) is 27.2 Å². The largest absolute Gasteiger partial charge is 0.466 e. The molecular weight excluding hydrogens is 184 g/mol. The van der Waals surface area contributed by atoms with Crippen LogP contribution >= 0.6 is 11.8 Å². The number of thioether (sulfide) groups is 1. The van der Waals surface area contributed by atoms with Gasteiger partial charge in [-0.2, -0.15) is 11.8 Å². The average molecular weight is 202 g/mol. The summed E-state index contributed by atoms with van der Waals surface area (Å²) in [7, 11) is 0. The fraction of sp³-hybridized carbons (Fsp3) is 0.900. The molecule has 0 amide bonds. The first-order valence-corrected chi connectivity index (χ1v) is 5.99. The molecule has 0 aromatic carbocycles. The maximum Gasteiger partial charge on any atom is 0.311 e. The summed E-state index contributed by atoms with van der Waals surface area (Å²) in [4.78, 5) is 11.6. The minimum absolute atomic E-state index is 0.0394. The van der Waals surface area contributed by atoms with Crippen molar-refractivity contribution >= 4 is 17.7 Å². The molecule has 1 saturated heterocycles. The maximum absolute atomic E-state index is 11.6. The van der Waals surface area contributed by atoms with Gasteiger partial charge in [0.1, 0.15) is 0 Å². The zero-order valence-corrected chi connectivity index (χ0v) is 9.45. The number of ether oxygens (including phenoxy) is 1. The van der Waals surface area contributed by atoms with E-state index in [1.54, 1.807) is 0 Å². The Morgan fingerprint density at radius 2 is 2.31 bits per heavy atom. The number of carbonyl (C=O) groups is 1. The number of hydrogen-bond acceptors (Lipinski definition) is 3. The van der Waals surface area contributed by atoms with E-state index in [-0.39, 0.29) is 11.4 Å². The molecule has 0 spiro atoms. The van der Waals surface area contributed by atoms with Crippen molar-refractivity contribution < 1.29 is 9.53 Å². The molecule has 1 atom stereocenters. The topological polar surface area (TPSA) is 26.3 Å². The first-order valence-electron chi connectivity index (χ1n) is 4.84. The number of esters is 1. The zero-order valence-electron chi connectivity index (χ0n) is 8.63. The summed E-state index contributed by atoms with van der Waals surface area (Å²) < 4.78 is 5.07. The Labute approximate surface area is 84.4 Å². The summed E-state index contributed by atoms with van der Waals surface area (Å²) in [5, 5.41) is 0. The van der Waals surface area contributed by atoms with Gasteiger partial charge < -0.3 is 4.74 Å². The van der Waals surface area contributed by atoms with E-state index in [2.05, 4.69) is 0 Å². The minimum Gasteiger partial charge on any atom is -0.466 e. The molecule has 13 heavy (non-hydrogen) atoms. The minimum atomic E-state index is -0.292.